The lowest BCUT2D eigenvalue weighted by Crippen LogP contribution is -2.52. The van der Waals surface area contributed by atoms with Crippen LogP contribution in [0.3, 0.4) is 0 Å². The van der Waals surface area contributed by atoms with E-state index in [4.69, 9.17) is 9.73 Å². The summed E-state index contributed by atoms with van der Waals surface area (Å²) in [6.45, 7) is 8.08. The van der Waals surface area contributed by atoms with Crippen LogP contribution in [0.15, 0.2) is 53.7 Å². The Hall–Kier alpha value is -1.87. The Balaban J connectivity index is 0.00000280. The molecule has 0 atom stereocenters. The maximum atomic E-state index is 5.17. The summed E-state index contributed by atoms with van der Waals surface area (Å²) < 4.78 is 5.17. The van der Waals surface area contributed by atoms with E-state index in [1.807, 2.05) is 18.3 Å². The molecule has 1 aliphatic rings. The molecule has 2 aromatic rings. The van der Waals surface area contributed by atoms with E-state index < -0.39 is 0 Å². The Labute approximate surface area is 185 Å². The summed E-state index contributed by atoms with van der Waals surface area (Å²) in [4.78, 5) is 14.0. The lowest BCUT2D eigenvalue weighted by atomic mass is 10.1. The minimum atomic E-state index is 0. The van der Waals surface area contributed by atoms with Crippen LogP contribution in [-0.2, 0) is 17.9 Å². The first-order valence-electron chi connectivity index (χ1n) is 9.56. The van der Waals surface area contributed by atoms with Gasteiger partial charge in [-0.05, 0) is 30.2 Å². The van der Waals surface area contributed by atoms with E-state index in [1.165, 1.54) is 11.1 Å². The van der Waals surface area contributed by atoms with E-state index >= 15 is 0 Å². The molecule has 1 fully saturated rings. The van der Waals surface area contributed by atoms with Crippen molar-refractivity contribution in [2.75, 3.05) is 44.7 Å². The van der Waals surface area contributed by atoms with Gasteiger partial charge in [-0.25, -0.2) is 9.98 Å². The second-order valence-corrected chi connectivity index (χ2v) is 6.58. The number of ether oxygens (including phenoxy) is 1. The van der Waals surface area contributed by atoms with Gasteiger partial charge in [-0.3, -0.25) is 0 Å². The molecule has 0 aliphatic carbocycles. The molecule has 1 aromatic heterocycles. The van der Waals surface area contributed by atoms with Gasteiger partial charge < -0.3 is 19.9 Å². The fourth-order valence-electron chi connectivity index (χ4n) is 3.19. The molecule has 152 valence electrons. The van der Waals surface area contributed by atoms with Crippen LogP contribution >= 0.6 is 24.0 Å². The first kappa shape index (κ1) is 22.4. The third kappa shape index (κ3) is 6.34. The molecular weight excluding hydrogens is 465 g/mol. The predicted molar refractivity (Wildman–Crippen MR) is 125 cm³/mol. The highest BCUT2D eigenvalue weighted by Crippen LogP contribution is 2.13. The monoisotopic (exact) mass is 495 g/mol. The van der Waals surface area contributed by atoms with Gasteiger partial charge in [-0.15, -0.1) is 24.0 Å². The van der Waals surface area contributed by atoms with Gasteiger partial charge in [0.2, 0.25) is 0 Å². The second kappa shape index (κ2) is 11.9. The zero-order valence-electron chi connectivity index (χ0n) is 16.7. The molecule has 1 aromatic carbocycles. The van der Waals surface area contributed by atoms with E-state index in [2.05, 4.69) is 57.4 Å². The van der Waals surface area contributed by atoms with Crippen molar-refractivity contribution >= 4 is 35.8 Å². The summed E-state index contributed by atoms with van der Waals surface area (Å²) in [5, 5.41) is 3.43. The van der Waals surface area contributed by atoms with Crippen molar-refractivity contribution in [2.45, 2.75) is 20.1 Å². The fourth-order valence-corrected chi connectivity index (χ4v) is 3.19. The van der Waals surface area contributed by atoms with Gasteiger partial charge >= 0.3 is 0 Å². The number of anilines is 1. The molecule has 0 saturated carbocycles. The molecule has 28 heavy (non-hydrogen) atoms. The summed E-state index contributed by atoms with van der Waals surface area (Å²) in [6, 6.07) is 14.5. The van der Waals surface area contributed by atoms with Crippen LogP contribution in [0.2, 0.25) is 0 Å². The number of nitrogens with one attached hydrogen (secondary N) is 1. The van der Waals surface area contributed by atoms with Gasteiger partial charge in [0.15, 0.2) is 5.96 Å². The first-order chi connectivity index (χ1) is 13.3. The number of aliphatic imine (C=N–C) groups is 1. The van der Waals surface area contributed by atoms with Gasteiger partial charge in [-0.2, -0.15) is 0 Å². The lowest BCUT2D eigenvalue weighted by molar-refractivity contribution is 0.185. The Bertz CT molecular complexity index is 715. The smallest absolute Gasteiger partial charge is 0.194 e. The zero-order chi connectivity index (χ0) is 18.9. The Morgan fingerprint density at radius 1 is 1.07 bits per heavy atom. The molecular formula is C21H30IN5O. The predicted octanol–water partition coefficient (Wildman–Crippen LogP) is 3.13. The van der Waals surface area contributed by atoms with Crippen LogP contribution in [0.1, 0.15) is 18.1 Å². The number of hydrogen-bond donors (Lipinski definition) is 1. The number of pyridine rings is 1. The normalized spacial score (nSPS) is 14.6. The number of benzene rings is 1. The summed E-state index contributed by atoms with van der Waals surface area (Å²) in [5.41, 5.74) is 2.39. The standard InChI is InChI=1S/C21H29N5O.HI/c1-3-22-21(24-16-18-7-9-19(10-8-18)17-27-2)26-14-12-25(13-15-26)20-6-4-5-11-23-20;/h4-11H,3,12-17H2,1-2H3,(H,22,24);1H. The molecule has 6 nitrogen and oxygen atoms in total. The van der Waals surface area contributed by atoms with Crippen molar-refractivity contribution in [3.05, 3.63) is 59.8 Å². The molecule has 1 aliphatic heterocycles. The Kier molecular flexibility index (Phi) is 9.49. The van der Waals surface area contributed by atoms with Gasteiger partial charge in [0, 0.05) is 46.0 Å². The minimum Gasteiger partial charge on any atom is -0.380 e. The number of guanidine groups is 1. The second-order valence-electron chi connectivity index (χ2n) is 6.58. The maximum absolute atomic E-state index is 5.17. The molecule has 1 saturated heterocycles. The van der Waals surface area contributed by atoms with Crippen molar-refractivity contribution in [1.82, 2.24) is 15.2 Å². The number of methoxy groups -OCH3 is 1. The molecule has 3 rings (SSSR count). The van der Waals surface area contributed by atoms with E-state index in [1.54, 1.807) is 7.11 Å². The number of aromatic nitrogens is 1. The van der Waals surface area contributed by atoms with Gasteiger partial charge in [0.1, 0.15) is 5.82 Å². The topological polar surface area (TPSA) is 53.0 Å². The number of nitrogens with zero attached hydrogens (tertiary/aromatic N) is 4. The quantitative estimate of drug-likeness (QED) is 0.379. The van der Waals surface area contributed by atoms with Gasteiger partial charge in [-0.1, -0.05) is 30.3 Å². The number of halogens is 1. The summed E-state index contributed by atoms with van der Waals surface area (Å²) in [6.07, 6.45) is 1.85. The minimum absolute atomic E-state index is 0. The molecule has 0 bridgehead atoms. The van der Waals surface area contributed by atoms with Crippen LogP contribution in [0.5, 0.6) is 0 Å². The highest BCUT2D eigenvalue weighted by molar-refractivity contribution is 14.0. The summed E-state index contributed by atoms with van der Waals surface area (Å²) in [7, 11) is 1.72. The van der Waals surface area contributed by atoms with E-state index in [-0.39, 0.29) is 24.0 Å². The molecule has 7 heteroatoms. The Morgan fingerprint density at radius 3 is 2.39 bits per heavy atom. The third-order valence-corrected chi connectivity index (χ3v) is 4.63. The molecule has 2 heterocycles. The van der Waals surface area contributed by atoms with Crippen LogP contribution in [0, 0.1) is 0 Å². The molecule has 1 N–H and O–H groups in total. The first-order valence-corrected chi connectivity index (χ1v) is 9.56. The molecule has 0 spiro atoms. The van der Waals surface area contributed by atoms with Crippen LogP contribution in [-0.4, -0.2) is 55.7 Å². The summed E-state index contributed by atoms with van der Waals surface area (Å²) >= 11 is 0. The van der Waals surface area contributed by atoms with Crippen LogP contribution in [0.4, 0.5) is 5.82 Å². The molecule has 0 unspecified atom stereocenters. The lowest BCUT2D eigenvalue weighted by Gasteiger charge is -2.37. The number of hydrogen-bond acceptors (Lipinski definition) is 4. The SMILES string of the molecule is CCNC(=NCc1ccc(COC)cc1)N1CCN(c2ccccn2)CC1.I. The fraction of sp³-hybridized carbons (Fsp3) is 0.429. The Morgan fingerprint density at radius 2 is 1.79 bits per heavy atom. The van der Waals surface area contributed by atoms with E-state index in [0.717, 1.165) is 44.5 Å². The summed E-state index contributed by atoms with van der Waals surface area (Å²) in [5.74, 6) is 2.04. The number of piperazine rings is 1. The van der Waals surface area contributed by atoms with Crippen molar-refractivity contribution in [3.8, 4) is 0 Å². The average molecular weight is 495 g/mol. The number of rotatable bonds is 6. The largest absolute Gasteiger partial charge is 0.380 e. The molecule has 0 amide bonds. The van der Waals surface area contributed by atoms with E-state index in [9.17, 15) is 0 Å². The van der Waals surface area contributed by atoms with Gasteiger partial charge in [0.25, 0.3) is 0 Å². The van der Waals surface area contributed by atoms with Crippen molar-refractivity contribution in [3.63, 3.8) is 0 Å². The van der Waals surface area contributed by atoms with Crippen molar-refractivity contribution in [2.24, 2.45) is 4.99 Å². The van der Waals surface area contributed by atoms with Crippen molar-refractivity contribution < 1.29 is 4.74 Å². The third-order valence-electron chi connectivity index (χ3n) is 4.63. The van der Waals surface area contributed by atoms with Crippen molar-refractivity contribution in [1.29, 1.82) is 0 Å². The highest BCUT2D eigenvalue weighted by Gasteiger charge is 2.20. The van der Waals surface area contributed by atoms with Crippen LogP contribution < -0.4 is 10.2 Å². The maximum Gasteiger partial charge on any atom is 0.194 e. The van der Waals surface area contributed by atoms with Crippen LogP contribution in [0.25, 0.3) is 0 Å². The van der Waals surface area contributed by atoms with Gasteiger partial charge in [0.05, 0.1) is 13.2 Å². The zero-order valence-corrected chi connectivity index (χ0v) is 19.0. The molecule has 0 radical (unpaired) electrons. The highest BCUT2D eigenvalue weighted by atomic mass is 127. The van der Waals surface area contributed by atoms with E-state index in [0.29, 0.717) is 13.2 Å². The average Bonchev–Trinajstić information content (AvgIpc) is 2.73.